The molecule has 0 aliphatic heterocycles. The average Bonchev–Trinajstić information content (AvgIpc) is 3.31. The first-order valence-electron chi connectivity index (χ1n) is 9.20. The quantitative estimate of drug-likeness (QED) is 0.563. The van der Waals surface area contributed by atoms with Gasteiger partial charge in [-0.15, -0.1) is 20.4 Å². The maximum atomic E-state index is 12.3. The summed E-state index contributed by atoms with van der Waals surface area (Å²) in [6.45, 7) is 5.05. The van der Waals surface area contributed by atoms with Gasteiger partial charge >= 0.3 is 0 Å². The van der Waals surface area contributed by atoms with Gasteiger partial charge in [-0.1, -0.05) is 36.9 Å². The predicted molar refractivity (Wildman–Crippen MR) is 109 cm³/mol. The number of aromatic nitrogens is 6. The van der Waals surface area contributed by atoms with Crippen LogP contribution in [-0.2, 0) is 11.3 Å². The fourth-order valence-electron chi connectivity index (χ4n) is 2.70. The lowest BCUT2D eigenvalue weighted by atomic mass is 10.2. The number of pyridine rings is 1. The monoisotopic (exact) mass is 415 g/mol. The zero-order valence-electron chi connectivity index (χ0n) is 15.7. The second-order valence-electron chi connectivity index (χ2n) is 7.11. The highest BCUT2D eigenvalue weighted by atomic mass is 32.2. The van der Waals surface area contributed by atoms with E-state index in [4.69, 9.17) is 0 Å². The Morgan fingerprint density at radius 2 is 2.18 bits per heavy atom. The van der Waals surface area contributed by atoms with Crippen molar-refractivity contribution in [2.24, 2.45) is 5.92 Å². The molecule has 1 saturated carbocycles. The van der Waals surface area contributed by atoms with Crippen LogP contribution in [0.5, 0.6) is 0 Å². The van der Waals surface area contributed by atoms with Crippen molar-refractivity contribution >= 4 is 34.1 Å². The van der Waals surface area contributed by atoms with Crippen molar-refractivity contribution in [3.63, 3.8) is 0 Å². The number of hydrogen-bond acceptors (Lipinski definition) is 8. The summed E-state index contributed by atoms with van der Waals surface area (Å²) in [5.41, 5.74) is 0.911. The van der Waals surface area contributed by atoms with Crippen LogP contribution < -0.4 is 5.32 Å². The lowest BCUT2D eigenvalue weighted by molar-refractivity contribution is -0.113. The van der Waals surface area contributed by atoms with Gasteiger partial charge in [0.15, 0.2) is 11.0 Å². The second-order valence-corrected chi connectivity index (χ2v) is 9.06. The molecule has 0 spiro atoms. The molecule has 10 heteroatoms. The standard InChI is InChI=1S/C18H21N7OS2/c1-11(2)9-25-15(13-4-3-7-19-8-13)21-24-18(25)27-10-14(26)20-17-23-22-16(28-17)12-5-6-12/h3-4,7-8,11-12H,5-6,9-10H2,1-2H3,(H,20,23,26). The average molecular weight is 416 g/mol. The van der Waals surface area contributed by atoms with Gasteiger partial charge in [-0.05, 0) is 30.9 Å². The first-order valence-corrected chi connectivity index (χ1v) is 11.0. The molecule has 3 heterocycles. The van der Waals surface area contributed by atoms with Gasteiger partial charge in [0.2, 0.25) is 11.0 Å². The van der Waals surface area contributed by atoms with Crippen molar-refractivity contribution in [1.29, 1.82) is 0 Å². The molecule has 8 nitrogen and oxygen atoms in total. The number of carbonyl (C=O) groups excluding carboxylic acids is 1. The van der Waals surface area contributed by atoms with Gasteiger partial charge < -0.3 is 4.57 Å². The van der Waals surface area contributed by atoms with Crippen LogP contribution in [0.4, 0.5) is 5.13 Å². The minimum Gasteiger partial charge on any atom is -0.302 e. The summed E-state index contributed by atoms with van der Waals surface area (Å²) in [5.74, 6) is 1.84. The summed E-state index contributed by atoms with van der Waals surface area (Å²) >= 11 is 2.83. The Morgan fingerprint density at radius 3 is 2.89 bits per heavy atom. The van der Waals surface area contributed by atoms with Crippen LogP contribution in [-0.4, -0.2) is 41.6 Å². The summed E-state index contributed by atoms with van der Waals surface area (Å²) in [7, 11) is 0. The fraction of sp³-hybridized carbons (Fsp3) is 0.444. The maximum Gasteiger partial charge on any atom is 0.236 e. The Balaban J connectivity index is 1.43. The summed E-state index contributed by atoms with van der Waals surface area (Å²) in [4.78, 5) is 16.5. The predicted octanol–water partition coefficient (Wildman–Crippen LogP) is 3.46. The van der Waals surface area contributed by atoms with Crippen LogP contribution in [0.3, 0.4) is 0 Å². The van der Waals surface area contributed by atoms with Crippen molar-refractivity contribution < 1.29 is 4.79 Å². The first-order chi connectivity index (χ1) is 13.6. The number of carbonyl (C=O) groups is 1. The molecule has 1 fully saturated rings. The zero-order valence-corrected chi connectivity index (χ0v) is 17.3. The number of nitrogens with zero attached hydrogens (tertiary/aromatic N) is 6. The van der Waals surface area contributed by atoms with E-state index in [1.165, 1.54) is 35.9 Å². The lowest BCUT2D eigenvalue weighted by Gasteiger charge is -2.12. The van der Waals surface area contributed by atoms with E-state index < -0.39 is 0 Å². The van der Waals surface area contributed by atoms with E-state index >= 15 is 0 Å². The minimum absolute atomic E-state index is 0.120. The molecule has 4 rings (SSSR count). The maximum absolute atomic E-state index is 12.3. The van der Waals surface area contributed by atoms with E-state index in [2.05, 4.69) is 49.1 Å². The lowest BCUT2D eigenvalue weighted by Crippen LogP contribution is -2.15. The Hall–Kier alpha value is -2.33. The molecule has 28 heavy (non-hydrogen) atoms. The van der Waals surface area contributed by atoms with Crippen LogP contribution in [0.25, 0.3) is 11.4 Å². The normalized spacial score (nSPS) is 13.8. The Morgan fingerprint density at radius 1 is 1.32 bits per heavy atom. The third kappa shape index (κ3) is 4.56. The molecule has 1 aliphatic carbocycles. The van der Waals surface area contributed by atoms with Gasteiger partial charge in [0.25, 0.3) is 0 Å². The van der Waals surface area contributed by atoms with Gasteiger partial charge in [0.05, 0.1) is 5.75 Å². The van der Waals surface area contributed by atoms with Gasteiger partial charge in [0.1, 0.15) is 5.01 Å². The molecule has 0 atom stereocenters. The molecule has 0 aromatic carbocycles. The van der Waals surface area contributed by atoms with Gasteiger partial charge in [-0.25, -0.2) is 0 Å². The van der Waals surface area contributed by atoms with E-state index in [0.29, 0.717) is 17.0 Å². The minimum atomic E-state index is -0.120. The Kier molecular flexibility index (Phi) is 5.67. The highest BCUT2D eigenvalue weighted by Gasteiger charge is 2.27. The molecular weight excluding hydrogens is 394 g/mol. The summed E-state index contributed by atoms with van der Waals surface area (Å²) in [5, 5.41) is 22.0. The molecule has 3 aromatic rings. The smallest absolute Gasteiger partial charge is 0.236 e. The SMILES string of the molecule is CC(C)Cn1c(SCC(=O)Nc2nnc(C3CC3)s2)nnc1-c1cccnc1. The van der Waals surface area contributed by atoms with Gasteiger partial charge in [-0.2, -0.15) is 0 Å². The van der Waals surface area contributed by atoms with E-state index in [1.54, 1.807) is 12.4 Å². The fourth-order valence-corrected chi connectivity index (χ4v) is 4.38. The number of hydrogen-bond donors (Lipinski definition) is 1. The van der Waals surface area contributed by atoms with E-state index in [-0.39, 0.29) is 11.7 Å². The zero-order chi connectivity index (χ0) is 19.5. The molecule has 0 radical (unpaired) electrons. The number of rotatable bonds is 8. The van der Waals surface area contributed by atoms with Gasteiger partial charge in [0, 0.05) is 30.4 Å². The van der Waals surface area contributed by atoms with Crippen molar-refractivity contribution in [3.8, 4) is 11.4 Å². The van der Waals surface area contributed by atoms with Crippen molar-refractivity contribution in [1.82, 2.24) is 29.9 Å². The van der Waals surface area contributed by atoms with Crippen molar-refractivity contribution in [2.45, 2.75) is 44.3 Å². The molecule has 146 valence electrons. The molecule has 1 N–H and O–H groups in total. The molecule has 3 aromatic heterocycles. The molecule has 1 aliphatic rings. The topological polar surface area (TPSA) is 98.5 Å². The molecular formula is C18H21N7OS2. The van der Waals surface area contributed by atoms with E-state index in [1.807, 2.05) is 12.1 Å². The number of nitrogens with one attached hydrogen (secondary N) is 1. The summed E-state index contributed by atoms with van der Waals surface area (Å²) < 4.78 is 2.05. The van der Waals surface area contributed by atoms with Crippen LogP contribution in [0.15, 0.2) is 29.7 Å². The molecule has 0 unspecified atom stereocenters. The third-order valence-corrected chi connectivity index (χ3v) is 6.10. The highest BCUT2D eigenvalue weighted by Crippen LogP contribution is 2.42. The summed E-state index contributed by atoms with van der Waals surface area (Å²) in [6, 6.07) is 3.84. The van der Waals surface area contributed by atoms with Crippen molar-refractivity contribution in [3.05, 3.63) is 29.5 Å². The first kappa shape index (κ1) is 19.0. The largest absolute Gasteiger partial charge is 0.302 e. The third-order valence-electron chi connectivity index (χ3n) is 4.13. The van der Waals surface area contributed by atoms with Gasteiger partial charge in [-0.3, -0.25) is 15.1 Å². The molecule has 0 saturated heterocycles. The summed E-state index contributed by atoms with van der Waals surface area (Å²) in [6.07, 6.45) is 5.84. The van der Waals surface area contributed by atoms with E-state index in [9.17, 15) is 4.79 Å². The van der Waals surface area contributed by atoms with Crippen LogP contribution >= 0.6 is 23.1 Å². The Bertz CT molecular complexity index is 950. The molecule has 1 amide bonds. The number of thioether (sulfide) groups is 1. The second kappa shape index (κ2) is 8.36. The number of anilines is 1. The number of amides is 1. The van der Waals surface area contributed by atoms with Crippen molar-refractivity contribution in [2.75, 3.05) is 11.1 Å². The highest BCUT2D eigenvalue weighted by molar-refractivity contribution is 7.99. The van der Waals surface area contributed by atoms with Crippen LogP contribution in [0.2, 0.25) is 0 Å². The Labute approximate surface area is 171 Å². The van der Waals surface area contributed by atoms with Crippen LogP contribution in [0.1, 0.15) is 37.6 Å². The van der Waals surface area contributed by atoms with E-state index in [0.717, 1.165) is 28.1 Å². The molecule has 0 bridgehead atoms. The van der Waals surface area contributed by atoms with Crippen LogP contribution in [0, 0.1) is 5.92 Å².